The molecule has 0 aliphatic heterocycles. The summed E-state index contributed by atoms with van der Waals surface area (Å²) < 4.78 is 22.8. The van der Waals surface area contributed by atoms with E-state index in [-0.39, 0.29) is 11.9 Å². The molecule has 0 aliphatic rings. The van der Waals surface area contributed by atoms with Gasteiger partial charge in [0.2, 0.25) is 0 Å². The van der Waals surface area contributed by atoms with Gasteiger partial charge in [-0.05, 0) is 0 Å². The SMILES string of the molecule is N=C(N)N.N=C(N)N.O=S(O)O. The lowest BCUT2D eigenvalue weighted by atomic mass is 11.1. The predicted octanol–water partition coefficient (Wildman–Crippen LogP) is -2.64. The highest BCUT2D eigenvalue weighted by Gasteiger charge is 1.62. The quantitative estimate of drug-likeness (QED) is 0.118. The smallest absolute Gasteiger partial charge is 0.299 e. The molecule has 0 saturated heterocycles. The van der Waals surface area contributed by atoms with Crippen molar-refractivity contribution in [3.05, 3.63) is 0 Å². The van der Waals surface area contributed by atoms with Gasteiger partial charge in [-0.2, -0.15) is 4.21 Å². The maximum absolute atomic E-state index is 8.67. The van der Waals surface area contributed by atoms with Crippen LogP contribution in [0.4, 0.5) is 0 Å². The van der Waals surface area contributed by atoms with Crippen molar-refractivity contribution in [3.63, 3.8) is 0 Å². The summed E-state index contributed by atoms with van der Waals surface area (Å²) in [4.78, 5) is 0. The Kier molecular flexibility index (Phi) is 17.3. The fourth-order valence-corrected chi connectivity index (χ4v) is 0. The van der Waals surface area contributed by atoms with E-state index in [9.17, 15) is 0 Å². The van der Waals surface area contributed by atoms with E-state index in [1.165, 1.54) is 0 Å². The summed E-state index contributed by atoms with van der Waals surface area (Å²) in [6.07, 6.45) is 0. The second-order valence-corrected chi connectivity index (χ2v) is 1.60. The summed E-state index contributed by atoms with van der Waals surface area (Å²) in [6, 6.07) is 0. The Morgan fingerprint density at radius 2 is 1.00 bits per heavy atom. The van der Waals surface area contributed by atoms with E-state index in [1.807, 2.05) is 0 Å². The van der Waals surface area contributed by atoms with Crippen molar-refractivity contribution < 1.29 is 13.3 Å². The van der Waals surface area contributed by atoms with Crippen LogP contribution in [0.3, 0.4) is 0 Å². The van der Waals surface area contributed by atoms with Crippen LogP contribution in [0, 0.1) is 10.8 Å². The maximum atomic E-state index is 8.67. The first-order chi connectivity index (χ1) is 5.20. The van der Waals surface area contributed by atoms with Gasteiger partial charge >= 0.3 is 0 Å². The van der Waals surface area contributed by atoms with Gasteiger partial charge in [-0.15, -0.1) is 0 Å². The average molecular weight is 200 g/mol. The predicted molar refractivity (Wildman–Crippen MR) is 45.6 cm³/mol. The van der Waals surface area contributed by atoms with Gasteiger partial charge in [0.15, 0.2) is 11.9 Å². The van der Waals surface area contributed by atoms with Crippen molar-refractivity contribution in [2.45, 2.75) is 0 Å². The van der Waals surface area contributed by atoms with Crippen LogP contribution in [-0.2, 0) is 11.4 Å². The van der Waals surface area contributed by atoms with Gasteiger partial charge in [-0.1, -0.05) is 0 Å². The first kappa shape index (κ1) is 16.9. The summed E-state index contributed by atoms with van der Waals surface area (Å²) >= 11 is -2.61. The minimum Gasteiger partial charge on any atom is -0.370 e. The number of rotatable bonds is 0. The highest BCUT2D eigenvalue weighted by atomic mass is 32.2. The van der Waals surface area contributed by atoms with E-state index < -0.39 is 11.4 Å². The molecule has 10 heteroatoms. The zero-order chi connectivity index (χ0) is 10.7. The zero-order valence-corrected chi connectivity index (χ0v) is 6.84. The van der Waals surface area contributed by atoms with E-state index in [0.717, 1.165) is 0 Å². The molecule has 12 heavy (non-hydrogen) atoms. The highest BCUT2D eigenvalue weighted by Crippen LogP contribution is 1.44. The topological polar surface area (TPSA) is 209 Å². The molecular formula is C2H12N6O3S. The Bertz CT molecular complexity index is 118. The minimum atomic E-state index is -2.61. The first-order valence-corrected chi connectivity index (χ1v) is 3.25. The highest BCUT2D eigenvalue weighted by molar-refractivity contribution is 7.73. The molecule has 0 aromatic rings. The van der Waals surface area contributed by atoms with Crippen molar-refractivity contribution in [2.24, 2.45) is 22.9 Å². The summed E-state index contributed by atoms with van der Waals surface area (Å²) in [7, 11) is 0. The Balaban J connectivity index is -0.000000101. The van der Waals surface area contributed by atoms with E-state index in [4.69, 9.17) is 24.1 Å². The summed E-state index contributed by atoms with van der Waals surface area (Å²) in [5, 5.41) is 12.1. The molecule has 0 radical (unpaired) electrons. The van der Waals surface area contributed by atoms with Crippen LogP contribution in [0.5, 0.6) is 0 Å². The lowest BCUT2D eigenvalue weighted by Crippen LogP contribution is -2.20. The lowest BCUT2D eigenvalue weighted by Gasteiger charge is -1.69. The third-order valence-electron chi connectivity index (χ3n) is 0. The van der Waals surface area contributed by atoms with Crippen molar-refractivity contribution in [1.29, 1.82) is 10.8 Å². The second kappa shape index (κ2) is 12.3. The van der Waals surface area contributed by atoms with Crippen LogP contribution in [0.1, 0.15) is 0 Å². The van der Waals surface area contributed by atoms with Crippen LogP contribution < -0.4 is 22.9 Å². The molecule has 9 nitrogen and oxygen atoms in total. The van der Waals surface area contributed by atoms with E-state index in [0.29, 0.717) is 0 Å². The Labute approximate surface area is 71.2 Å². The summed E-state index contributed by atoms with van der Waals surface area (Å²) in [6.45, 7) is 0. The normalized spacial score (nSPS) is 6.92. The van der Waals surface area contributed by atoms with Crippen LogP contribution in [-0.4, -0.2) is 25.2 Å². The number of nitrogens with two attached hydrogens (primary N) is 4. The molecule has 0 amide bonds. The molecule has 0 fully saturated rings. The van der Waals surface area contributed by atoms with Crippen molar-refractivity contribution in [3.8, 4) is 0 Å². The maximum Gasteiger partial charge on any atom is 0.299 e. The molecule has 0 aliphatic carbocycles. The van der Waals surface area contributed by atoms with Gasteiger partial charge in [-0.3, -0.25) is 19.9 Å². The van der Waals surface area contributed by atoms with Gasteiger partial charge in [-0.25, -0.2) is 0 Å². The van der Waals surface area contributed by atoms with Crippen LogP contribution in [0.15, 0.2) is 0 Å². The van der Waals surface area contributed by atoms with Gasteiger partial charge < -0.3 is 22.9 Å². The molecule has 0 unspecified atom stereocenters. The average Bonchev–Trinajstić information content (AvgIpc) is 1.54. The molecule has 12 N–H and O–H groups in total. The van der Waals surface area contributed by atoms with Gasteiger partial charge in [0.1, 0.15) is 0 Å². The van der Waals surface area contributed by atoms with E-state index >= 15 is 0 Å². The van der Waals surface area contributed by atoms with Crippen molar-refractivity contribution in [2.75, 3.05) is 0 Å². The standard InChI is InChI=1S/2CH5N3.H2O3S/c2*2-1(3)4;1-4(2)3/h2*(H5,2,3,4);(H2,1,2,3). The van der Waals surface area contributed by atoms with Crippen LogP contribution in [0.2, 0.25) is 0 Å². The molecule has 0 bridgehead atoms. The number of guanidine groups is 2. The van der Waals surface area contributed by atoms with Crippen molar-refractivity contribution in [1.82, 2.24) is 0 Å². The molecule has 0 aromatic heterocycles. The monoisotopic (exact) mass is 200 g/mol. The van der Waals surface area contributed by atoms with E-state index in [2.05, 4.69) is 22.9 Å². The number of hydrogen-bond acceptors (Lipinski definition) is 3. The van der Waals surface area contributed by atoms with Gasteiger partial charge in [0.25, 0.3) is 11.4 Å². The largest absolute Gasteiger partial charge is 0.370 e. The number of nitrogens with one attached hydrogen (secondary N) is 2. The molecule has 0 spiro atoms. The molecule has 0 saturated carbocycles. The van der Waals surface area contributed by atoms with Gasteiger partial charge in [0.05, 0.1) is 0 Å². The third kappa shape index (κ3) is 258. The zero-order valence-electron chi connectivity index (χ0n) is 6.02. The molecule has 0 atom stereocenters. The van der Waals surface area contributed by atoms with Gasteiger partial charge in [0, 0.05) is 0 Å². The Morgan fingerprint density at radius 3 is 1.00 bits per heavy atom. The molecule has 0 heterocycles. The summed E-state index contributed by atoms with van der Waals surface area (Å²) in [5.41, 5.74) is 17.9. The van der Waals surface area contributed by atoms with Crippen LogP contribution >= 0.6 is 0 Å². The molecule has 74 valence electrons. The Hall–Kier alpha value is -1.39. The van der Waals surface area contributed by atoms with Crippen LogP contribution in [0.25, 0.3) is 0 Å². The fraction of sp³-hybridized carbons (Fsp3) is 0. The third-order valence-corrected chi connectivity index (χ3v) is 0. The fourth-order valence-electron chi connectivity index (χ4n) is 0. The molecule has 0 rings (SSSR count). The minimum absolute atomic E-state index is 0.333. The lowest BCUT2D eigenvalue weighted by molar-refractivity contribution is 0.454. The molecule has 0 aromatic carbocycles. The molecular weight excluding hydrogens is 188 g/mol. The van der Waals surface area contributed by atoms with E-state index in [1.54, 1.807) is 0 Å². The summed E-state index contributed by atoms with van der Waals surface area (Å²) in [5.74, 6) is -0.667. The van der Waals surface area contributed by atoms with Crippen molar-refractivity contribution >= 4 is 23.3 Å². The Morgan fingerprint density at radius 1 is 1.00 bits per heavy atom. The second-order valence-electron chi connectivity index (χ2n) is 1.14. The number of hydrogen-bond donors (Lipinski definition) is 8. The first-order valence-electron chi connectivity index (χ1n) is 2.19.